The molecule has 0 bridgehead atoms. The van der Waals surface area contributed by atoms with Crippen molar-refractivity contribution in [1.82, 2.24) is 4.98 Å². The highest BCUT2D eigenvalue weighted by Gasteiger charge is 1.97. The predicted octanol–water partition coefficient (Wildman–Crippen LogP) is 1.79. The summed E-state index contributed by atoms with van der Waals surface area (Å²) in [6.07, 6.45) is 3.72. The van der Waals surface area contributed by atoms with Gasteiger partial charge in [-0.25, -0.2) is 0 Å². The summed E-state index contributed by atoms with van der Waals surface area (Å²) >= 11 is 1.63. The van der Waals surface area contributed by atoms with E-state index in [1.54, 1.807) is 24.2 Å². The molecule has 0 aliphatic rings. The first-order valence-corrected chi connectivity index (χ1v) is 5.13. The van der Waals surface area contributed by atoms with Gasteiger partial charge in [0.25, 0.3) is 0 Å². The molecule has 4 heteroatoms. The number of nitrogens with zero attached hydrogens (tertiary/aromatic N) is 1. The van der Waals surface area contributed by atoms with Crippen molar-refractivity contribution in [2.75, 3.05) is 5.75 Å². The Morgan fingerprint density at radius 3 is 2.77 bits per heavy atom. The van der Waals surface area contributed by atoms with E-state index in [1.165, 1.54) is 5.56 Å². The Morgan fingerprint density at radius 2 is 2.15 bits per heavy atom. The van der Waals surface area contributed by atoms with E-state index >= 15 is 0 Å². The van der Waals surface area contributed by atoms with Gasteiger partial charge in [0.1, 0.15) is 0 Å². The Kier molecular flexibility index (Phi) is 4.32. The van der Waals surface area contributed by atoms with Crippen LogP contribution in [0.4, 0.5) is 0 Å². The number of thioether (sulfide) groups is 1. The fourth-order valence-corrected chi connectivity index (χ4v) is 1.72. The van der Waals surface area contributed by atoms with Crippen LogP contribution in [0.3, 0.4) is 0 Å². The highest BCUT2D eigenvalue weighted by molar-refractivity contribution is 7.98. The normalized spacial score (nSPS) is 9.85. The molecule has 1 rings (SSSR count). The largest absolute Gasteiger partial charge is 0.481 e. The molecule has 0 atom stereocenters. The minimum Gasteiger partial charge on any atom is -0.481 e. The van der Waals surface area contributed by atoms with Crippen LogP contribution in [0.5, 0.6) is 0 Å². The number of hydrogen-bond donors (Lipinski definition) is 1. The molecule has 0 fully saturated rings. The van der Waals surface area contributed by atoms with E-state index in [0.29, 0.717) is 5.75 Å². The molecule has 0 unspecified atom stereocenters. The second kappa shape index (κ2) is 5.59. The van der Waals surface area contributed by atoms with E-state index in [0.717, 1.165) is 5.75 Å². The minimum atomic E-state index is -0.734. The Hall–Kier alpha value is -1.03. The molecule has 0 aliphatic carbocycles. The number of carbonyl (C=O) groups is 1. The molecule has 0 spiro atoms. The molecule has 0 aliphatic heterocycles. The number of aromatic nitrogens is 1. The average Bonchev–Trinajstić information content (AvgIpc) is 2.14. The standard InChI is InChI=1S/C9H11NO2S/c11-9(12)3-6-13-7-8-1-4-10-5-2-8/h1-2,4-5H,3,6-7H2,(H,11,12). The zero-order valence-corrected chi connectivity index (χ0v) is 7.96. The van der Waals surface area contributed by atoms with Gasteiger partial charge in [-0.05, 0) is 17.7 Å². The number of pyridine rings is 1. The molecular weight excluding hydrogens is 186 g/mol. The molecule has 0 saturated heterocycles. The van der Waals surface area contributed by atoms with E-state index in [2.05, 4.69) is 4.98 Å². The van der Waals surface area contributed by atoms with Crippen molar-refractivity contribution < 1.29 is 9.90 Å². The maximum atomic E-state index is 10.2. The lowest BCUT2D eigenvalue weighted by Gasteiger charge is -1.98. The average molecular weight is 197 g/mol. The number of rotatable bonds is 5. The summed E-state index contributed by atoms with van der Waals surface area (Å²) in [6.45, 7) is 0. The van der Waals surface area contributed by atoms with Gasteiger partial charge in [0.15, 0.2) is 0 Å². The topological polar surface area (TPSA) is 50.2 Å². The van der Waals surface area contributed by atoms with E-state index in [9.17, 15) is 4.79 Å². The summed E-state index contributed by atoms with van der Waals surface area (Å²) in [4.78, 5) is 14.1. The van der Waals surface area contributed by atoms with Gasteiger partial charge in [-0.2, -0.15) is 11.8 Å². The second-order valence-electron chi connectivity index (χ2n) is 2.55. The third-order valence-electron chi connectivity index (χ3n) is 1.48. The SMILES string of the molecule is O=C(O)CCSCc1ccncc1. The highest BCUT2D eigenvalue weighted by atomic mass is 32.2. The molecular formula is C9H11NO2S. The van der Waals surface area contributed by atoms with Gasteiger partial charge in [0.2, 0.25) is 0 Å². The zero-order valence-electron chi connectivity index (χ0n) is 7.14. The predicted molar refractivity (Wildman–Crippen MR) is 52.7 cm³/mol. The summed E-state index contributed by atoms with van der Waals surface area (Å²) in [6, 6.07) is 3.88. The summed E-state index contributed by atoms with van der Waals surface area (Å²) < 4.78 is 0. The van der Waals surface area contributed by atoms with Gasteiger partial charge in [0, 0.05) is 23.9 Å². The highest BCUT2D eigenvalue weighted by Crippen LogP contribution is 2.11. The summed E-state index contributed by atoms with van der Waals surface area (Å²) in [7, 11) is 0. The molecule has 1 N–H and O–H groups in total. The molecule has 0 aromatic carbocycles. The Labute approximate surface area is 81.2 Å². The third kappa shape index (κ3) is 4.52. The Balaban J connectivity index is 2.17. The van der Waals surface area contributed by atoms with Gasteiger partial charge < -0.3 is 5.11 Å². The van der Waals surface area contributed by atoms with Crippen molar-refractivity contribution in [3.05, 3.63) is 30.1 Å². The van der Waals surface area contributed by atoms with Crippen molar-refractivity contribution >= 4 is 17.7 Å². The maximum Gasteiger partial charge on any atom is 0.304 e. The van der Waals surface area contributed by atoms with Crippen molar-refractivity contribution in [3.8, 4) is 0 Å². The van der Waals surface area contributed by atoms with E-state index in [-0.39, 0.29) is 6.42 Å². The molecule has 1 aromatic heterocycles. The smallest absolute Gasteiger partial charge is 0.304 e. The summed E-state index contributed by atoms with van der Waals surface area (Å²) in [5, 5.41) is 8.39. The van der Waals surface area contributed by atoms with E-state index in [1.807, 2.05) is 12.1 Å². The molecule has 1 heterocycles. The van der Waals surface area contributed by atoms with Crippen LogP contribution >= 0.6 is 11.8 Å². The van der Waals surface area contributed by atoms with Gasteiger partial charge in [0.05, 0.1) is 6.42 Å². The van der Waals surface area contributed by atoms with Crippen LogP contribution < -0.4 is 0 Å². The zero-order chi connectivity index (χ0) is 9.52. The van der Waals surface area contributed by atoms with Crippen molar-refractivity contribution in [2.24, 2.45) is 0 Å². The molecule has 1 aromatic rings. The summed E-state index contributed by atoms with van der Waals surface area (Å²) in [5.41, 5.74) is 1.19. The summed E-state index contributed by atoms with van der Waals surface area (Å²) in [5.74, 6) is 0.787. The minimum absolute atomic E-state index is 0.232. The first-order valence-electron chi connectivity index (χ1n) is 3.97. The molecule has 0 radical (unpaired) electrons. The van der Waals surface area contributed by atoms with E-state index in [4.69, 9.17) is 5.11 Å². The maximum absolute atomic E-state index is 10.2. The van der Waals surface area contributed by atoms with Crippen molar-refractivity contribution in [2.45, 2.75) is 12.2 Å². The van der Waals surface area contributed by atoms with Crippen molar-refractivity contribution in [3.63, 3.8) is 0 Å². The lowest BCUT2D eigenvalue weighted by molar-refractivity contribution is -0.136. The van der Waals surface area contributed by atoms with Crippen LogP contribution in [0.25, 0.3) is 0 Å². The van der Waals surface area contributed by atoms with Crippen LogP contribution in [0.15, 0.2) is 24.5 Å². The lowest BCUT2D eigenvalue weighted by Crippen LogP contribution is -1.96. The fraction of sp³-hybridized carbons (Fsp3) is 0.333. The first-order chi connectivity index (χ1) is 6.29. The van der Waals surface area contributed by atoms with Gasteiger partial charge >= 0.3 is 5.97 Å². The first kappa shape index (κ1) is 10.1. The fourth-order valence-electron chi connectivity index (χ4n) is 0.829. The number of carboxylic acid groups (broad SMARTS) is 1. The van der Waals surface area contributed by atoms with Gasteiger partial charge in [-0.1, -0.05) is 0 Å². The van der Waals surface area contributed by atoms with Crippen LogP contribution in [0, 0.1) is 0 Å². The van der Waals surface area contributed by atoms with Crippen LogP contribution in [-0.2, 0) is 10.5 Å². The van der Waals surface area contributed by atoms with Crippen LogP contribution in [0.2, 0.25) is 0 Å². The van der Waals surface area contributed by atoms with Crippen LogP contribution in [-0.4, -0.2) is 21.8 Å². The van der Waals surface area contributed by atoms with Crippen molar-refractivity contribution in [1.29, 1.82) is 0 Å². The van der Waals surface area contributed by atoms with E-state index < -0.39 is 5.97 Å². The molecule has 3 nitrogen and oxygen atoms in total. The third-order valence-corrected chi connectivity index (χ3v) is 2.51. The second-order valence-corrected chi connectivity index (χ2v) is 3.66. The molecule has 70 valence electrons. The molecule has 0 amide bonds. The van der Waals surface area contributed by atoms with Crippen LogP contribution in [0.1, 0.15) is 12.0 Å². The van der Waals surface area contributed by atoms with Gasteiger partial charge in [-0.3, -0.25) is 9.78 Å². The number of carboxylic acids is 1. The van der Waals surface area contributed by atoms with Gasteiger partial charge in [-0.15, -0.1) is 0 Å². The lowest BCUT2D eigenvalue weighted by atomic mass is 10.3. The number of hydrogen-bond acceptors (Lipinski definition) is 3. The number of aliphatic carboxylic acids is 1. The molecule has 0 saturated carbocycles. The quantitative estimate of drug-likeness (QED) is 0.731. The Bertz CT molecular complexity index is 264. The Morgan fingerprint density at radius 1 is 1.46 bits per heavy atom. The monoisotopic (exact) mass is 197 g/mol. The molecule has 13 heavy (non-hydrogen) atoms.